The lowest BCUT2D eigenvalue weighted by Gasteiger charge is -2.43. The summed E-state index contributed by atoms with van der Waals surface area (Å²) < 4.78 is 30.7. The van der Waals surface area contributed by atoms with E-state index in [9.17, 15) is 18.3 Å². The summed E-state index contributed by atoms with van der Waals surface area (Å²) in [6.45, 7) is 0. The SMILES string of the molecule is O=C(O)C(OC1CCC2(CCCCC2)CC1)c1ccc(S(=O)(=O)C2CC2)cc1. The van der Waals surface area contributed by atoms with Gasteiger partial charge in [-0.15, -0.1) is 0 Å². The lowest BCUT2D eigenvalue weighted by Crippen LogP contribution is -2.34. The van der Waals surface area contributed by atoms with Crippen LogP contribution in [0.1, 0.15) is 82.3 Å². The Bertz CT molecular complexity index is 794. The quantitative estimate of drug-likeness (QED) is 0.743. The Morgan fingerprint density at radius 2 is 1.57 bits per heavy atom. The molecule has 1 aromatic rings. The molecule has 0 bridgehead atoms. The minimum absolute atomic E-state index is 0.0384. The summed E-state index contributed by atoms with van der Waals surface area (Å²) in [5.74, 6) is -1.02. The minimum Gasteiger partial charge on any atom is -0.479 e. The summed E-state index contributed by atoms with van der Waals surface area (Å²) >= 11 is 0. The highest BCUT2D eigenvalue weighted by molar-refractivity contribution is 7.92. The van der Waals surface area contributed by atoms with E-state index < -0.39 is 21.9 Å². The first kappa shape index (κ1) is 19.9. The molecule has 0 heterocycles. The van der Waals surface area contributed by atoms with Gasteiger partial charge in [0.15, 0.2) is 15.9 Å². The maximum atomic E-state index is 12.3. The number of carbonyl (C=O) groups is 1. The summed E-state index contributed by atoms with van der Waals surface area (Å²) in [6, 6.07) is 6.25. The van der Waals surface area contributed by atoms with Crippen LogP contribution in [0, 0.1) is 5.41 Å². The van der Waals surface area contributed by atoms with Gasteiger partial charge in [-0.3, -0.25) is 0 Å². The van der Waals surface area contributed by atoms with Crippen molar-refractivity contribution in [2.75, 3.05) is 0 Å². The molecular weight excluding hydrogens is 376 g/mol. The zero-order chi connectivity index (χ0) is 19.8. The second kappa shape index (κ2) is 7.79. The van der Waals surface area contributed by atoms with E-state index >= 15 is 0 Å². The minimum atomic E-state index is -3.26. The maximum Gasteiger partial charge on any atom is 0.337 e. The van der Waals surface area contributed by atoms with E-state index in [4.69, 9.17) is 4.74 Å². The molecule has 6 heteroatoms. The molecule has 0 aromatic heterocycles. The second-order valence-electron chi connectivity index (χ2n) is 8.93. The third-order valence-electron chi connectivity index (χ3n) is 6.93. The first-order chi connectivity index (χ1) is 13.4. The molecule has 3 saturated carbocycles. The largest absolute Gasteiger partial charge is 0.479 e. The molecule has 1 aromatic carbocycles. The van der Waals surface area contributed by atoms with Crippen LogP contribution in [-0.4, -0.2) is 30.8 Å². The highest BCUT2D eigenvalue weighted by Crippen LogP contribution is 2.48. The third-order valence-corrected chi connectivity index (χ3v) is 9.21. The zero-order valence-corrected chi connectivity index (χ0v) is 17.1. The van der Waals surface area contributed by atoms with Gasteiger partial charge in [0, 0.05) is 0 Å². The number of carboxylic acids is 1. The van der Waals surface area contributed by atoms with Gasteiger partial charge in [-0.05, 0) is 74.5 Å². The molecule has 0 saturated heterocycles. The van der Waals surface area contributed by atoms with Gasteiger partial charge < -0.3 is 9.84 Å². The molecule has 0 aliphatic heterocycles. The van der Waals surface area contributed by atoms with Gasteiger partial charge in [0.05, 0.1) is 16.2 Å². The number of sulfone groups is 1. The number of ether oxygens (including phenoxy) is 1. The lowest BCUT2D eigenvalue weighted by molar-refractivity contribution is -0.157. The first-order valence-corrected chi connectivity index (χ1v) is 12.2. The molecule has 3 aliphatic carbocycles. The maximum absolute atomic E-state index is 12.3. The standard InChI is InChI=1S/C22H30O5S/c23-21(24)20(16-4-6-18(7-5-16)28(25,26)19-8-9-19)27-17-10-14-22(15-11-17)12-2-1-3-13-22/h4-7,17,19-20H,1-3,8-15H2,(H,23,24). The van der Waals surface area contributed by atoms with Gasteiger partial charge in [0.2, 0.25) is 0 Å². The van der Waals surface area contributed by atoms with Crippen LogP contribution >= 0.6 is 0 Å². The Kier molecular flexibility index (Phi) is 5.53. The van der Waals surface area contributed by atoms with Crippen LogP contribution in [-0.2, 0) is 19.4 Å². The van der Waals surface area contributed by atoms with Gasteiger partial charge in [-0.25, -0.2) is 13.2 Å². The van der Waals surface area contributed by atoms with Crippen LogP contribution in [0.4, 0.5) is 0 Å². The molecule has 3 aliphatic rings. The summed E-state index contributed by atoms with van der Waals surface area (Å²) in [5, 5.41) is 9.42. The summed E-state index contributed by atoms with van der Waals surface area (Å²) in [5.41, 5.74) is 0.982. The zero-order valence-electron chi connectivity index (χ0n) is 16.3. The average Bonchev–Trinajstić information content (AvgIpc) is 3.54. The van der Waals surface area contributed by atoms with Gasteiger partial charge >= 0.3 is 5.97 Å². The summed E-state index contributed by atoms with van der Waals surface area (Å²) in [4.78, 5) is 12.1. The molecule has 5 nitrogen and oxygen atoms in total. The van der Waals surface area contributed by atoms with Gasteiger partial charge in [0.25, 0.3) is 0 Å². The Hall–Kier alpha value is -1.40. The Morgan fingerprint density at radius 3 is 2.11 bits per heavy atom. The van der Waals surface area contributed by atoms with Crippen LogP contribution in [0.5, 0.6) is 0 Å². The van der Waals surface area contributed by atoms with E-state index in [1.54, 1.807) is 12.1 Å². The predicted octanol–water partition coefficient (Wildman–Crippen LogP) is 4.66. The lowest BCUT2D eigenvalue weighted by atomic mass is 9.65. The number of aliphatic carboxylic acids is 1. The van der Waals surface area contributed by atoms with Crippen molar-refractivity contribution >= 4 is 15.8 Å². The number of rotatable bonds is 6. The molecular formula is C22H30O5S. The molecule has 4 rings (SSSR count). The summed E-state index contributed by atoms with van der Waals surface area (Å²) in [7, 11) is -3.26. The Labute approximate surface area is 167 Å². The third kappa shape index (κ3) is 4.13. The van der Waals surface area contributed by atoms with Crippen molar-refractivity contribution in [2.24, 2.45) is 5.41 Å². The molecule has 154 valence electrons. The van der Waals surface area contributed by atoms with Crippen molar-refractivity contribution < 1.29 is 23.1 Å². The van der Waals surface area contributed by atoms with Crippen molar-refractivity contribution in [3.8, 4) is 0 Å². The van der Waals surface area contributed by atoms with E-state index in [1.807, 2.05) is 0 Å². The fraction of sp³-hybridized carbons (Fsp3) is 0.682. The van der Waals surface area contributed by atoms with E-state index in [0.29, 0.717) is 23.8 Å². The smallest absolute Gasteiger partial charge is 0.337 e. The second-order valence-corrected chi connectivity index (χ2v) is 11.2. The molecule has 1 spiro atoms. The number of hydrogen-bond acceptors (Lipinski definition) is 4. The Morgan fingerprint density at radius 1 is 0.964 bits per heavy atom. The van der Waals surface area contributed by atoms with Crippen molar-refractivity contribution in [3.63, 3.8) is 0 Å². The fourth-order valence-electron chi connectivity index (χ4n) is 5.02. The highest BCUT2D eigenvalue weighted by atomic mass is 32.2. The van der Waals surface area contributed by atoms with Gasteiger partial charge in [0.1, 0.15) is 0 Å². The van der Waals surface area contributed by atoms with E-state index in [-0.39, 0.29) is 16.2 Å². The van der Waals surface area contributed by atoms with E-state index in [0.717, 1.165) is 25.7 Å². The number of benzene rings is 1. The van der Waals surface area contributed by atoms with Crippen LogP contribution in [0.25, 0.3) is 0 Å². The molecule has 3 fully saturated rings. The topological polar surface area (TPSA) is 80.7 Å². The van der Waals surface area contributed by atoms with Crippen LogP contribution in [0.2, 0.25) is 0 Å². The molecule has 1 N–H and O–H groups in total. The van der Waals surface area contributed by atoms with Crippen molar-refractivity contribution in [2.45, 2.75) is 93.0 Å². The number of hydrogen-bond donors (Lipinski definition) is 1. The molecule has 1 unspecified atom stereocenters. The van der Waals surface area contributed by atoms with E-state index in [2.05, 4.69) is 0 Å². The Balaban J connectivity index is 1.41. The van der Waals surface area contributed by atoms with Crippen LogP contribution in [0.3, 0.4) is 0 Å². The van der Waals surface area contributed by atoms with Crippen molar-refractivity contribution in [1.29, 1.82) is 0 Å². The van der Waals surface area contributed by atoms with Crippen LogP contribution < -0.4 is 0 Å². The first-order valence-electron chi connectivity index (χ1n) is 10.6. The van der Waals surface area contributed by atoms with Crippen LogP contribution in [0.15, 0.2) is 29.2 Å². The monoisotopic (exact) mass is 406 g/mol. The summed E-state index contributed by atoms with van der Waals surface area (Å²) in [6.07, 6.45) is 11.0. The normalized spacial score (nSPS) is 24.1. The molecule has 0 amide bonds. The predicted molar refractivity (Wildman–Crippen MR) is 106 cm³/mol. The molecule has 28 heavy (non-hydrogen) atoms. The van der Waals surface area contributed by atoms with E-state index in [1.165, 1.54) is 44.2 Å². The molecule has 0 radical (unpaired) electrons. The average molecular weight is 407 g/mol. The van der Waals surface area contributed by atoms with Crippen molar-refractivity contribution in [3.05, 3.63) is 29.8 Å². The van der Waals surface area contributed by atoms with Gasteiger partial charge in [-0.1, -0.05) is 31.4 Å². The highest BCUT2D eigenvalue weighted by Gasteiger charge is 2.39. The number of carboxylic acid groups (broad SMARTS) is 1. The van der Waals surface area contributed by atoms with Crippen molar-refractivity contribution in [1.82, 2.24) is 0 Å². The van der Waals surface area contributed by atoms with Gasteiger partial charge in [-0.2, -0.15) is 0 Å². The fourth-order valence-corrected chi connectivity index (χ4v) is 6.67. The molecule has 1 atom stereocenters.